The standard InChI is InChI=1S/C15H29NO2/c1-13(2)9-11-16-10-4-3-5-12-18-15(17)14-7-6-8-14/h13-14,16H,3-12H2,1-2H3. The van der Waals surface area contributed by atoms with Crippen LogP contribution in [0.3, 0.4) is 0 Å². The van der Waals surface area contributed by atoms with Crippen LogP contribution in [0.25, 0.3) is 0 Å². The molecule has 1 fully saturated rings. The van der Waals surface area contributed by atoms with Gasteiger partial charge in [-0.25, -0.2) is 0 Å². The molecule has 3 nitrogen and oxygen atoms in total. The number of esters is 1. The largest absolute Gasteiger partial charge is 0.465 e. The summed E-state index contributed by atoms with van der Waals surface area (Å²) in [6, 6.07) is 0. The first-order chi connectivity index (χ1) is 8.70. The molecule has 1 rings (SSSR count). The molecule has 0 aromatic heterocycles. The SMILES string of the molecule is CC(C)CCNCCCCCOC(=O)C1CCC1. The van der Waals surface area contributed by atoms with Crippen LogP contribution in [-0.4, -0.2) is 25.7 Å². The van der Waals surface area contributed by atoms with E-state index >= 15 is 0 Å². The number of hydrogen-bond donors (Lipinski definition) is 1. The summed E-state index contributed by atoms with van der Waals surface area (Å²) in [5.41, 5.74) is 0. The van der Waals surface area contributed by atoms with Crippen LogP contribution in [0.1, 0.15) is 58.8 Å². The molecule has 18 heavy (non-hydrogen) atoms. The molecule has 1 saturated carbocycles. The van der Waals surface area contributed by atoms with E-state index in [-0.39, 0.29) is 11.9 Å². The van der Waals surface area contributed by atoms with Crippen molar-refractivity contribution in [3.8, 4) is 0 Å². The molecule has 0 atom stereocenters. The lowest BCUT2D eigenvalue weighted by Crippen LogP contribution is -2.24. The molecule has 0 amide bonds. The van der Waals surface area contributed by atoms with Crippen molar-refractivity contribution < 1.29 is 9.53 Å². The molecule has 0 aromatic rings. The van der Waals surface area contributed by atoms with Gasteiger partial charge in [0.1, 0.15) is 0 Å². The quantitative estimate of drug-likeness (QED) is 0.481. The highest BCUT2D eigenvalue weighted by atomic mass is 16.5. The van der Waals surface area contributed by atoms with Crippen LogP contribution in [0, 0.1) is 11.8 Å². The van der Waals surface area contributed by atoms with E-state index in [1.165, 1.54) is 19.3 Å². The van der Waals surface area contributed by atoms with Gasteiger partial charge in [0.25, 0.3) is 0 Å². The summed E-state index contributed by atoms with van der Waals surface area (Å²) < 4.78 is 5.25. The molecular formula is C15H29NO2. The average molecular weight is 255 g/mol. The second-order valence-corrected chi connectivity index (χ2v) is 5.79. The number of unbranched alkanes of at least 4 members (excludes halogenated alkanes) is 2. The first-order valence-corrected chi connectivity index (χ1v) is 7.57. The molecule has 0 spiro atoms. The van der Waals surface area contributed by atoms with Crippen molar-refractivity contribution in [2.24, 2.45) is 11.8 Å². The Balaban J connectivity index is 1.77. The Kier molecular flexibility index (Phi) is 8.06. The van der Waals surface area contributed by atoms with E-state index in [1.807, 2.05) is 0 Å². The van der Waals surface area contributed by atoms with E-state index in [1.54, 1.807) is 0 Å². The molecule has 0 radical (unpaired) electrons. The van der Waals surface area contributed by atoms with Gasteiger partial charge in [-0.15, -0.1) is 0 Å². The monoisotopic (exact) mass is 255 g/mol. The Morgan fingerprint density at radius 1 is 1.22 bits per heavy atom. The highest BCUT2D eigenvalue weighted by Gasteiger charge is 2.26. The smallest absolute Gasteiger partial charge is 0.308 e. The van der Waals surface area contributed by atoms with Crippen LogP contribution in [0.2, 0.25) is 0 Å². The third-order valence-corrected chi connectivity index (χ3v) is 3.58. The zero-order chi connectivity index (χ0) is 13.2. The molecule has 1 aliphatic carbocycles. The molecule has 0 heterocycles. The zero-order valence-electron chi connectivity index (χ0n) is 12.0. The highest BCUT2D eigenvalue weighted by molar-refractivity contribution is 5.73. The minimum absolute atomic E-state index is 0.0382. The van der Waals surface area contributed by atoms with Gasteiger partial charge in [-0.3, -0.25) is 4.79 Å². The van der Waals surface area contributed by atoms with Crippen LogP contribution in [0.15, 0.2) is 0 Å². The van der Waals surface area contributed by atoms with Crippen LogP contribution < -0.4 is 5.32 Å². The van der Waals surface area contributed by atoms with Gasteiger partial charge in [0.2, 0.25) is 0 Å². The van der Waals surface area contributed by atoms with Crippen LogP contribution in [0.5, 0.6) is 0 Å². The summed E-state index contributed by atoms with van der Waals surface area (Å²) in [6.45, 7) is 7.31. The van der Waals surface area contributed by atoms with Crippen molar-refractivity contribution in [3.05, 3.63) is 0 Å². The van der Waals surface area contributed by atoms with Crippen molar-refractivity contribution in [1.29, 1.82) is 0 Å². The van der Waals surface area contributed by atoms with Gasteiger partial charge in [0.05, 0.1) is 12.5 Å². The maximum atomic E-state index is 11.4. The molecule has 0 aliphatic heterocycles. The van der Waals surface area contributed by atoms with Gasteiger partial charge in [0, 0.05) is 0 Å². The Morgan fingerprint density at radius 3 is 2.61 bits per heavy atom. The van der Waals surface area contributed by atoms with E-state index in [9.17, 15) is 4.79 Å². The van der Waals surface area contributed by atoms with Gasteiger partial charge in [-0.05, 0) is 57.5 Å². The van der Waals surface area contributed by atoms with E-state index in [0.717, 1.165) is 44.7 Å². The summed E-state index contributed by atoms with van der Waals surface area (Å²) in [7, 11) is 0. The minimum Gasteiger partial charge on any atom is -0.465 e. The third-order valence-electron chi connectivity index (χ3n) is 3.58. The molecular weight excluding hydrogens is 226 g/mol. The fraction of sp³-hybridized carbons (Fsp3) is 0.933. The third kappa shape index (κ3) is 7.00. The fourth-order valence-corrected chi connectivity index (χ4v) is 1.98. The second-order valence-electron chi connectivity index (χ2n) is 5.79. The fourth-order valence-electron chi connectivity index (χ4n) is 1.98. The van der Waals surface area contributed by atoms with E-state index in [4.69, 9.17) is 4.74 Å². The number of hydrogen-bond acceptors (Lipinski definition) is 3. The Labute approximate surface area is 112 Å². The van der Waals surface area contributed by atoms with E-state index < -0.39 is 0 Å². The maximum absolute atomic E-state index is 11.4. The van der Waals surface area contributed by atoms with Gasteiger partial charge in [-0.2, -0.15) is 0 Å². The Hall–Kier alpha value is -0.570. The van der Waals surface area contributed by atoms with Crippen molar-refractivity contribution in [2.45, 2.75) is 58.8 Å². The normalized spacial score (nSPS) is 15.7. The number of nitrogens with one attached hydrogen (secondary N) is 1. The number of carbonyl (C=O) groups is 1. The molecule has 1 N–H and O–H groups in total. The first kappa shape index (κ1) is 15.5. The molecule has 106 valence electrons. The highest BCUT2D eigenvalue weighted by Crippen LogP contribution is 2.27. The predicted molar refractivity (Wildman–Crippen MR) is 74.5 cm³/mol. The van der Waals surface area contributed by atoms with Gasteiger partial charge in [-0.1, -0.05) is 20.3 Å². The lowest BCUT2D eigenvalue weighted by Gasteiger charge is -2.22. The van der Waals surface area contributed by atoms with Gasteiger partial charge in [0.15, 0.2) is 0 Å². The molecule has 0 saturated heterocycles. The second kappa shape index (κ2) is 9.37. The molecule has 1 aliphatic rings. The van der Waals surface area contributed by atoms with Gasteiger partial charge >= 0.3 is 5.97 Å². The molecule has 0 aromatic carbocycles. The predicted octanol–water partition coefficient (Wildman–Crippen LogP) is 3.14. The summed E-state index contributed by atoms with van der Waals surface area (Å²) in [4.78, 5) is 11.4. The van der Waals surface area contributed by atoms with Crippen molar-refractivity contribution in [1.82, 2.24) is 5.32 Å². The molecule has 0 unspecified atom stereocenters. The average Bonchev–Trinajstić information content (AvgIpc) is 2.24. The maximum Gasteiger partial charge on any atom is 0.308 e. The Morgan fingerprint density at radius 2 is 2.00 bits per heavy atom. The van der Waals surface area contributed by atoms with Crippen LogP contribution >= 0.6 is 0 Å². The number of rotatable bonds is 10. The number of carbonyl (C=O) groups excluding carboxylic acids is 1. The summed E-state index contributed by atoms with van der Waals surface area (Å²) in [6.07, 6.45) is 7.86. The van der Waals surface area contributed by atoms with Crippen molar-refractivity contribution >= 4 is 5.97 Å². The summed E-state index contributed by atoms with van der Waals surface area (Å²) in [5.74, 6) is 1.04. The van der Waals surface area contributed by atoms with Crippen molar-refractivity contribution in [3.63, 3.8) is 0 Å². The minimum atomic E-state index is 0.0382. The Bertz CT molecular complexity index is 225. The molecule has 0 bridgehead atoms. The van der Waals surface area contributed by atoms with Crippen LogP contribution in [-0.2, 0) is 9.53 Å². The van der Waals surface area contributed by atoms with Crippen LogP contribution in [0.4, 0.5) is 0 Å². The van der Waals surface area contributed by atoms with E-state index in [0.29, 0.717) is 6.61 Å². The van der Waals surface area contributed by atoms with Gasteiger partial charge < -0.3 is 10.1 Å². The summed E-state index contributed by atoms with van der Waals surface area (Å²) >= 11 is 0. The zero-order valence-corrected chi connectivity index (χ0v) is 12.0. The topological polar surface area (TPSA) is 38.3 Å². The lowest BCUT2D eigenvalue weighted by molar-refractivity contribution is -0.151. The molecule has 3 heteroatoms. The number of ether oxygens (including phenoxy) is 1. The lowest BCUT2D eigenvalue weighted by atomic mass is 9.86. The van der Waals surface area contributed by atoms with E-state index in [2.05, 4.69) is 19.2 Å². The first-order valence-electron chi connectivity index (χ1n) is 7.57. The summed E-state index contributed by atoms with van der Waals surface area (Å²) in [5, 5.41) is 3.45. The van der Waals surface area contributed by atoms with Crippen molar-refractivity contribution in [2.75, 3.05) is 19.7 Å².